The third-order valence-corrected chi connectivity index (χ3v) is 5.56. The monoisotopic (exact) mass is 364 g/mol. The van der Waals surface area contributed by atoms with Crippen molar-refractivity contribution in [3.05, 3.63) is 102 Å². The second-order valence-corrected chi connectivity index (χ2v) is 7.77. The first-order chi connectivity index (χ1) is 12.5. The molecule has 0 heterocycles. The number of rotatable bonds is 5. The van der Waals surface area contributed by atoms with E-state index in [-0.39, 0.29) is 4.90 Å². The van der Waals surface area contributed by atoms with Crippen LogP contribution >= 0.6 is 0 Å². The van der Waals surface area contributed by atoms with Crippen LogP contribution in [0, 0.1) is 6.92 Å². The van der Waals surface area contributed by atoms with Gasteiger partial charge >= 0.3 is 0 Å². The van der Waals surface area contributed by atoms with Crippen molar-refractivity contribution in [1.29, 1.82) is 0 Å². The summed E-state index contributed by atoms with van der Waals surface area (Å²) in [7, 11) is -3.87. The van der Waals surface area contributed by atoms with E-state index in [0.29, 0.717) is 5.56 Å². The van der Waals surface area contributed by atoms with Crippen LogP contribution in [-0.2, 0) is 14.6 Å². The van der Waals surface area contributed by atoms with Crippen molar-refractivity contribution in [2.45, 2.75) is 23.9 Å². The fourth-order valence-electron chi connectivity index (χ4n) is 2.73. The maximum Gasteiger partial charge on any atom is 0.223 e. The molecule has 0 aliphatic carbocycles. The molecule has 3 atom stereocenters. The van der Waals surface area contributed by atoms with Gasteiger partial charge in [0.15, 0.2) is 0 Å². The highest BCUT2D eigenvalue weighted by Gasteiger charge is 2.25. The standard InChI is InChI=1S/C21H20N2O2S/c1-16-12-14-19(15-13-16)26(24,25)23-21(18-10-6-3-7-11-18)20(22)17-8-4-2-5-9-17/h2-15,20-22H,1H3/t20-,21-/m1/s1. The third-order valence-electron chi connectivity index (χ3n) is 4.19. The van der Waals surface area contributed by atoms with Crippen LogP contribution in [0.5, 0.6) is 0 Å². The minimum Gasteiger partial charge on any atom is -0.247 e. The molecule has 4 nitrogen and oxygen atoms in total. The fraction of sp³-hybridized carbons (Fsp3) is 0.143. The van der Waals surface area contributed by atoms with Crippen molar-refractivity contribution < 1.29 is 8.76 Å². The summed E-state index contributed by atoms with van der Waals surface area (Å²) in [6, 6.07) is 23.3. The molecule has 3 aromatic rings. The summed E-state index contributed by atoms with van der Waals surface area (Å²) in [6.07, 6.45) is 0. The lowest BCUT2D eigenvalue weighted by molar-refractivity contribution is 0.450. The van der Waals surface area contributed by atoms with Crippen molar-refractivity contribution >= 4 is 10.0 Å². The first-order valence-electron chi connectivity index (χ1n) is 8.32. The van der Waals surface area contributed by atoms with Crippen molar-refractivity contribution in [1.82, 2.24) is 5.73 Å². The summed E-state index contributed by atoms with van der Waals surface area (Å²) in [6.45, 7) is 1.90. The van der Waals surface area contributed by atoms with E-state index < -0.39 is 22.1 Å². The molecule has 1 unspecified atom stereocenters. The zero-order chi connectivity index (χ0) is 18.6. The van der Waals surface area contributed by atoms with Crippen LogP contribution in [0.15, 0.2) is 94.2 Å². The Morgan fingerprint density at radius 3 is 1.85 bits per heavy atom. The molecule has 0 aromatic heterocycles. The van der Waals surface area contributed by atoms with Gasteiger partial charge in [0.05, 0.1) is 10.9 Å². The molecule has 0 aliphatic heterocycles. The maximum atomic E-state index is 12.8. The van der Waals surface area contributed by atoms with Gasteiger partial charge < -0.3 is 0 Å². The van der Waals surface area contributed by atoms with E-state index >= 15 is 0 Å². The zero-order valence-corrected chi connectivity index (χ0v) is 15.2. The smallest absolute Gasteiger partial charge is 0.223 e. The first-order valence-corrected chi connectivity index (χ1v) is 9.76. The molecule has 0 amide bonds. The van der Waals surface area contributed by atoms with Gasteiger partial charge in [0.2, 0.25) is 10.0 Å². The predicted octanol–water partition coefficient (Wildman–Crippen LogP) is 4.93. The van der Waals surface area contributed by atoms with Crippen molar-refractivity contribution in [2.24, 2.45) is 4.36 Å². The Morgan fingerprint density at radius 2 is 1.31 bits per heavy atom. The second kappa shape index (κ2) is 7.83. The Balaban J connectivity index is 2.09. The number of hydrogen-bond donors (Lipinski definition) is 0. The number of nitrogens with zero attached hydrogens (tertiary/aromatic N) is 1. The normalized spacial score (nSPS) is 15.7. The summed E-state index contributed by atoms with van der Waals surface area (Å²) in [4.78, 5) is 0.143. The molecule has 0 saturated heterocycles. The molecule has 1 N–H and O–H groups in total. The third kappa shape index (κ3) is 4.19. The highest BCUT2D eigenvalue weighted by Crippen LogP contribution is 2.33. The molecule has 5 heteroatoms. The van der Waals surface area contributed by atoms with Crippen molar-refractivity contribution in [2.75, 3.05) is 0 Å². The number of benzene rings is 3. The SMILES string of the molecule is Cc1ccc(S([O])(=O)=N[C@H](c2ccccc2)[C@H]([NH])c2ccccc2)cc1. The van der Waals surface area contributed by atoms with Crippen LogP contribution in [0.2, 0.25) is 0 Å². The van der Waals surface area contributed by atoms with Gasteiger partial charge in [0.25, 0.3) is 0 Å². The van der Waals surface area contributed by atoms with Gasteiger partial charge in [-0.15, -0.1) is 4.55 Å². The molecular formula is C21H20N2O2S. The van der Waals surface area contributed by atoms with Crippen LogP contribution in [0.4, 0.5) is 0 Å². The molecule has 0 fully saturated rings. The van der Waals surface area contributed by atoms with Gasteiger partial charge in [-0.3, -0.25) is 0 Å². The minimum absolute atomic E-state index is 0.143. The van der Waals surface area contributed by atoms with Crippen LogP contribution < -0.4 is 5.73 Å². The van der Waals surface area contributed by atoms with Crippen molar-refractivity contribution in [3.8, 4) is 0 Å². The summed E-state index contributed by atoms with van der Waals surface area (Å²) < 4.78 is 29.8. The average Bonchev–Trinajstić information content (AvgIpc) is 2.67. The van der Waals surface area contributed by atoms with E-state index in [1.54, 1.807) is 24.3 Å². The number of hydrogen-bond acceptors (Lipinski definition) is 2. The largest absolute Gasteiger partial charge is 0.247 e. The van der Waals surface area contributed by atoms with Crippen LogP contribution in [0.3, 0.4) is 0 Å². The van der Waals surface area contributed by atoms with Gasteiger partial charge in [-0.25, -0.2) is 9.94 Å². The van der Waals surface area contributed by atoms with E-state index in [1.807, 2.05) is 67.6 Å². The quantitative estimate of drug-likeness (QED) is 0.632. The maximum absolute atomic E-state index is 12.8. The summed E-state index contributed by atoms with van der Waals surface area (Å²) in [5, 5.41) is 0. The highest BCUT2D eigenvalue weighted by molar-refractivity contribution is 7.87. The van der Waals surface area contributed by atoms with Crippen molar-refractivity contribution in [3.63, 3.8) is 0 Å². The Morgan fingerprint density at radius 1 is 0.808 bits per heavy atom. The predicted molar refractivity (Wildman–Crippen MR) is 102 cm³/mol. The Bertz CT molecular complexity index is 964. The highest BCUT2D eigenvalue weighted by atomic mass is 32.2. The Hall–Kier alpha value is -2.47. The molecule has 0 saturated carbocycles. The van der Waals surface area contributed by atoms with Gasteiger partial charge in [0.1, 0.15) is 6.04 Å². The Kier molecular flexibility index (Phi) is 5.52. The topological polar surface area (TPSA) is 73.1 Å². The van der Waals surface area contributed by atoms with Gasteiger partial charge in [-0.1, -0.05) is 78.4 Å². The average molecular weight is 364 g/mol. The van der Waals surface area contributed by atoms with E-state index in [4.69, 9.17) is 5.73 Å². The number of nitrogens with one attached hydrogen (secondary N) is 1. The number of aryl methyl sites for hydroxylation is 1. The Labute approximate surface area is 154 Å². The summed E-state index contributed by atoms with van der Waals surface area (Å²) >= 11 is 0. The van der Waals surface area contributed by atoms with Crippen LogP contribution in [0.25, 0.3) is 0 Å². The molecule has 3 rings (SSSR count). The lowest BCUT2D eigenvalue weighted by Gasteiger charge is -2.21. The molecule has 26 heavy (non-hydrogen) atoms. The molecule has 0 spiro atoms. The molecule has 3 aromatic carbocycles. The van der Waals surface area contributed by atoms with Gasteiger partial charge in [-0.05, 0) is 30.2 Å². The van der Waals surface area contributed by atoms with Gasteiger partial charge in [0, 0.05) is 0 Å². The van der Waals surface area contributed by atoms with E-state index in [1.165, 1.54) is 0 Å². The minimum atomic E-state index is -3.87. The second-order valence-electron chi connectivity index (χ2n) is 6.14. The zero-order valence-electron chi connectivity index (χ0n) is 14.4. The summed E-state index contributed by atoms with van der Waals surface area (Å²) in [5.41, 5.74) is 11.0. The molecule has 0 bridgehead atoms. The van der Waals surface area contributed by atoms with Crippen LogP contribution in [-0.4, -0.2) is 4.21 Å². The molecule has 0 aliphatic rings. The van der Waals surface area contributed by atoms with E-state index in [0.717, 1.165) is 11.1 Å². The molecular weight excluding hydrogens is 344 g/mol. The van der Waals surface area contributed by atoms with Gasteiger partial charge in [-0.2, -0.15) is 4.36 Å². The lowest BCUT2D eigenvalue weighted by Crippen LogP contribution is -2.13. The first kappa shape index (κ1) is 18.3. The molecule has 132 valence electrons. The molecule has 2 radical (unpaired) electrons. The lowest BCUT2D eigenvalue weighted by atomic mass is 9.95. The fourth-order valence-corrected chi connectivity index (χ4v) is 3.87. The summed E-state index contributed by atoms with van der Waals surface area (Å²) in [5.74, 6) is 0. The van der Waals surface area contributed by atoms with E-state index in [9.17, 15) is 8.76 Å². The van der Waals surface area contributed by atoms with Crippen LogP contribution in [0.1, 0.15) is 28.8 Å². The van der Waals surface area contributed by atoms with E-state index in [2.05, 4.69) is 4.36 Å².